The van der Waals surface area contributed by atoms with Gasteiger partial charge in [0.25, 0.3) is 0 Å². The van der Waals surface area contributed by atoms with Crippen molar-refractivity contribution in [1.29, 1.82) is 0 Å². The maximum atomic E-state index is 10.6. The predicted molar refractivity (Wildman–Crippen MR) is 69.3 cm³/mol. The molecule has 1 atom stereocenters. The van der Waals surface area contributed by atoms with Gasteiger partial charge in [0.05, 0.1) is 0 Å². The SMILES string of the molecule is C/C(=C/CN[C@H](C)c1cccc(Cl)c1)C(=O)O. The number of hydrogen-bond acceptors (Lipinski definition) is 2. The molecule has 17 heavy (non-hydrogen) atoms. The molecular formula is C13H16ClNO2. The summed E-state index contributed by atoms with van der Waals surface area (Å²) in [7, 11) is 0. The van der Waals surface area contributed by atoms with Crippen molar-refractivity contribution >= 4 is 17.6 Å². The molecule has 0 bridgehead atoms. The standard InChI is InChI=1S/C13H16ClNO2/c1-9(13(16)17)6-7-15-10(2)11-4-3-5-12(14)8-11/h3-6,8,10,15H,7H2,1-2H3,(H,16,17)/b9-6-/t10-/m1/s1. The van der Waals surface area contributed by atoms with Gasteiger partial charge in [0, 0.05) is 23.2 Å². The Bertz CT molecular complexity index is 429. The lowest BCUT2D eigenvalue weighted by molar-refractivity contribution is -0.132. The number of carbonyl (C=O) groups is 1. The molecule has 0 aliphatic rings. The van der Waals surface area contributed by atoms with Gasteiger partial charge >= 0.3 is 5.97 Å². The molecule has 3 nitrogen and oxygen atoms in total. The van der Waals surface area contributed by atoms with E-state index < -0.39 is 5.97 Å². The molecule has 1 aromatic carbocycles. The van der Waals surface area contributed by atoms with Gasteiger partial charge in [-0.2, -0.15) is 0 Å². The predicted octanol–water partition coefficient (Wildman–Crippen LogP) is 3.02. The summed E-state index contributed by atoms with van der Waals surface area (Å²) < 4.78 is 0. The Morgan fingerprint density at radius 2 is 2.29 bits per heavy atom. The molecule has 0 spiro atoms. The highest BCUT2D eigenvalue weighted by atomic mass is 35.5. The summed E-state index contributed by atoms with van der Waals surface area (Å²) in [6, 6.07) is 7.73. The Morgan fingerprint density at radius 1 is 1.59 bits per heavy atom. The van der Waals surface area contributed by atoms with Crippen LogP contribution in [0.4, 0.5) is 0 Å². The number of aliphatic carboxylic acids is 1. The number of rotatable bonds is 5. The fourth-order valence-electron chi connectivity index (χ4n) is 1.37. The fourth-order valence-corrected chi connectivity index (χ4v) is 1.57. The molecule has 0 aromatic heterocycles. The average Bonchev–Trinajstić information content (AvgIpc) is 2.28. The third-order valence-electron chi connectivity index (χ3n) is 2.52. The van der Waals surface area contributed by atoms with Gasteiger partial charge < -0.3 is 10.4 Å². The van der Waals surface area contributed by atoms with Crippen molar-refractivity contribution in [3.05, 3.63) is 46.5 Å². The largest absolute Gasteiger partial charge is 0.478 e. The van der Waals surface area contributed by atoms with Crippen molar-refractivity contribution in [3.8, 4) is 0 Å². The van der Waals surface area contributed by atoms with Crippen LogP contribution in [0.5, 0.6) is 0 Å². The van der Waals surface area contributed by atoms with Gasteiger partial charge in [-0.3, -0.25) is 0 Å². The Hall–Kier alpha value is -1.32. The number of carboxylic acids is 1. The van der Waals surface area contributed by atoms with Crippen LogP contribution < -0.4 is 5.32 Å². The van der Waals surface area contributed by atoms with Crippen molar-refractivity contribution in [2.75, 3.05) is 6.54 Å². The van der Waals surface area contributed by atoms with Gasteiger partial charge in [-0.05, 0) is 31.5 Å². The molecule has 0 radical (unpaired) electrons. The number of hydrogen-bond donors (Lipinski definition) is 2. The van der Waals surface area contributed by atoms with Gasteiger partial charge in [0.1, 0.15) is 0 Å². The van der Waals surface area contributed by atoms with E-state index in [1.54, 1.807) is 13.0 Å². The van der Waals surface area contributed by atoms with E-state index in [9.17, 15) is 4.79 Å². The molecule has 0 heterocycles. The third kappa shape index (κ3) is 4.59. The third-order valence-corrected chi connectivity index (χ3v) is 2.75. The molecule has 0 amide bonds. The van der Waals surface area contributed by atoms with Crippen LogP contribution in [0.15, 0.2) is 35.9 Å². The van der Waals surface area contributed by atoms with E-state index in [0.29, 0.717) is 17.1 Å². The number of carboxylic acid groups (broad SMARTS) is 1. The van der Waals surface area contributed by atoms with Gasteiger partial charge in [-0.1, -0.05) is 29.8 Å². The zero-order valence-electron chi connectivity index (χ0n) is 9.90. The zero-order chi connectivity index (χ0) is 12.8. The van der Waals surface area contributed by atoms with Gasteiger partial charge in [-0.15, -0.1) is 0 Å². The van der Waals surface area contributed by atoms with E-state index in [4.69, 9.17) is 16.7 Å². The van der Waals surface area contributed by atoms with E-state index in [2.05, 4.69) is 5.32 Å². The van der Waals surface area contributed by atoms with E-state index >= 15 is 0 Å². The molecule has 92 valence electrons. The van der Waals surface area contributed by atoms with E-state index in [0.717, 1.165) is 5.56 Å². The van der Waals surface area contributed by atoms with Crippen LogP contribution in [0.1, 0.15) is 25.5 Å². The minimum absolute atomic E-state index is 0.131. The molecule has 0 aliphatic carbocycles. The van der Waals surface area contributed by atoms with E-state index in [1.165, 1.54) is 0 Å². The highest BCUT2D eigenvalue weighted by Gasteiger charge is 2.04. The van der Waals surface area contributed by atoms with Crippen LogP contribution in [-0.4, -0.2) is 17.6 Å². The van der Waals surface area contributed by atoms with Crippen molar-refractivity contribution in [3.63, 3.8) is 0 Å². The normalized spacial score (nSPS) is 13.5. The first-order valence-corrected chi connectivity index (χ1v) is 5.77. The maximum Gasteiger partial charge on any atom is 0.330 e. The Morgan fingerprint density at radius 3 is 2.88 bits per heavy atom. The average molecular weight is 254 g/mol. The number of halogens is 1. The molecule has 4 heteroatoms. The molecule has 0 fully saturated rings. The lowest BCUT2D eigenvalue weighted by Crippen LogP contribution is -2.19. The summed E-state index contributed by atoms with van der Waals surface area (Å²) in [4.78, 5) is 10.6. The van der Waals surface area contributed by atoms with Crippen LogP contribution in [0, 0.1) is 0 Å². The van der Waals surface area contributed by atoms with Crippen molar-refractivity contribution < 1.29 is 9.90 Å². The fraction of sp³-hybridized carbons (Fsp3) is 0.308. The summed E-state index contributed by atoms with van der Waals surface area (Å²) in [5, 5.41) is 12.6. The van der Waals surface area contributed by atoms with E-state index in [-0.39, 0.29) is 6.04 Å². The van der Waals surface area contributed by atoms with Crippen LogP contribution in [0.3, 0.4) is 0 Å². The van der Waals surface area contributed by atoms with E-state index in [1.807, 2.05) is 31.2 Å². The second-order valence-corrected chi connectivity index (χ2v) is 4.31. The van der Waals surface area contributed by atoms with Crippen LogP contribution in [0.2, 0.25) is 5.02 Å². The summed E-state index contributed by atoms with van der Waals surface area (Å²) in [6.45, 7) is 4.11. The number of nitrogens with one attached hydrogen (secondary N) is 1. The first kappa shape index (κ1) is 13.7. The van der Waals surface area contributed by atoms with Crippen LogP contribution >= 0.6 is 11.6 Å². The molecule has 0 saturated heterocycles. The lowest BCUT2D eigenvalue weighted by Gasteiger charge is -2.13. The molecule has 1 rings (SSSR count). The first-order chi connectivity index (χ1) is 8.00. The van der Waals surface area contributed by atoms with Crippen molar-refractivity contribution in [1.82, 2.24) is 5.32 Å². The Kier molecular flexibility index (Phi) is 5.19. The second kappa shape index (κ2) is 6.42. The summed E-state index contributed by atoms with van der Waals surface area (Å²) in [5.74, 6) is -0.887. The molecular weight excluding hydrogens is 238 g/mol. The second-order valence-electron chi connectivity index (χ2n) is 3.88. The molecule has 2 N–H and O–H groups in total. The lowest BCUT2D eigenvalue weighted by atomic mass is 10.1. The van der Waals surface area contributed by atoms with Crippen LogP contribution in [0.25, 0.3) is 0 Å². The highest BCUT2D eigenvalue weighted by molar-refractivity contribution is 6.30. The smallest absolute Gasteiger partial charge is 0.330 e. The summed E-state index contributed by atoms with van der Waals surface area (Å²) >= 11 is 5.90. The topological polar surface area (TPSA) is 49.3 Å². The summed E-state index contributed by atoms with van der Waals surface area (Å²) in [5.41, 5.74) is 1.43. The molecule has 0 aliphatic heterocycles. The minimum Gasteiger partial charge on any atom is -0.478 e. The maximum absolute atomic E-state index is 10.6. The van der Waals surface area contributed by atoms with Gasteiger partial charge in [0.2, 0.25) is 0 Å². The molecule has 0 saturated carbocycles. The highest BCUT2D eigenvalue weighted by Crippen LogP contribution is 2.16. The van der Waals surface area contributed by atoms with Gasteiger partial charge in [-0.25, -0.2) is 4.79 Å². The van der Waals surface area contributed by atoms with Crippen molar-refractivity contribution in [2.45, 2.75) is 19.9 Å². The first-order valence-electron chi connectivity index (χ1n) is 5.39. The minimum atomic E-state index is -0.887. The quantitative estimate of drug-likeness (QED) is 0.793. The van der Waals surface area contributed by atoms with Gasteiger partial charge in [0.15, 0.2) is 0 Å². The monoisotopic (exact) mass is 253 g/mol. The molecule has 0 unspecified atom stereocenters. The molecule has 1 aromatic rings. The van der Waals surface area contributed by atoms with Crippen molar-refractivity contribution in [2.24, 2.45) is 0 Å². The Balaban J connectivity index is 2.53. The number of benzene rings is 1. The summed E-state index contributed by atoms with van der Waals surface area (Å²) in [6.07, 6.45) is 1.66. The Labute approximate surface area is 106 Å². The van der Waals surface area contributed by atoms with Crippen LogP contribution in [-0.2, 0) is 4.79 Å². The zero-order valence-corrected chi connectivity index (χ0v) is 10.7.